The summed E-state index contributed by atoms with van der Waals surface area (Å²) in [5, 5.41) is 5.17. The maximum absolute atomic E-state index is 13.2. The molecule has 8 nitrogen and oxygen atoms in total. The lowest BCUT2D eigenvalue weighted by Gasteiger charge is -2.24. The molecule has 2 aromatic carbocycles. The minimum atomic E-state index is -4.13. The third-order valence-corrected chi connectivity index (χ3v) is 6.54. The van der Waals surface area contributed by atoms with Crippen LogP contribution >= 0.6 is 0 Å². The van der Waals surface area contributed by atoms with E-state index in [2.05, 4.69) is 5.10 Å². The molecule has 190 valence electrons. The molecule has 0 fully saturated rings. The molecule has 3 aromatic rings. The number of halogens is 1. The summed E-state index contributed by atoms with van der Waals surface area (Å²) in [5.74, 6) is -2.97. The van der Waals surface area contributed by atoms with Crippen LogP contribution in [0.2, 0.25) is 0 Å². The molecule has 0 saturated carbocycles. The highest BCUT2D eigenvalue weighted by Gasteiger charge is 2.32. The third-order valence-electron chi connectivity index (χ3n) is 5.56. The molecule has 2 amide bonds. The number of sulfonamides is 1. The highest BCUT2D eigenvalue weighted by atomic mass is 32.2. The topological polar surface area (TPSA) is 101 Å². The molecular formula is C26H29FN4O4S. The summed E-state index contributed by atoms with van der Waals surface area (Å²) in [6.07, 6.45) is 4.56. The van der Waals surface area contributed by atoms with Crippen molar-refractivity contribution in [1.29, 1.82) is 0 Å². The maximum atomic E-state index is 13.2. The molecule has 0 aliphatic rings. The van der Waals surface area contributed by atoms with E-state index in [4.69, 9.17) is 0 Å². The van der Waals surface area contributed by atoms with Crippen LogP contribution < -0.4 is 4.72 Å². The van der Waals surface area contributed by atoms with Crippen molar-refractivity contribution < 1.29 is 22.4 Å². The van der Waals surface area contributed by atoms with Crippen molar-refractivity contribution in [2.45, 2.75) is 26.8 Å². The van der Waals surface area contributed by atoms with Gasteiger partial charge in [0.25, 0.3) is 10.0 Å². The predicted molar refractivity (Wildman–Crippen MR) is 135 cm³/mol. The van der Waals surface area contributed by atoms with E-state index in [1.807, 2.05) is 4.72 Å². The Labute approximate surface area is 210 Å². The van der Waals surface area contributed by atoms with Crippen LogP contribution in [0.3, 0.4) is 0 Å². The van der Waals surface area contributed by atoms with E-state index in [-0.39, 0.29) is 12.2 Å². The Bertz CT molecular complexity index is 1300. The van der Waals surface area contributed by atoms with Crippen LogP contribution in [-0.4, -0.2) is 48.0 Å². The minimum Gasteiger partial charge on any atom is -0.343 e. The first-order valence-corrected chi connectivity index (χ1v) is 13.1. The van der Waals surface area contributed by atoms with Gasteiger partial charge < -0.3 is 4.90 Å². The molecule has 1 aromatic heterocycles. The molecule has 0 radical (unpaired) electrons. The smallest absolute Gasteiger partial charge is 0.257 e. The first kappa shape index (κ1) is 26.8. The number of carbonyl (C=O) groups is 2. The number of aromatic nitrogens is 2. The monoisotopic (exact) mass is 512 g/mol. The number of hydrogen-bond acceptors (Lipinski definition) is 5. The van der Waals surface area contributed by atoms with Gasteiger partial charge in [0.15, 0.2) is 0 Å². The molecule has 0 aliphatic carbocycles. The highest BCUT2D eigenvalue weighted by Crippen LogP contribution is 2.15. The first-order valence-electron chi connectivity index (χ1n) is 11.5. The molecule has 0 saturated heterocycles. The second-order valence-corrected chi connectivity index (χ2v) is 9.73. The lowest BCUT2D eigenvalue weighted by atomic mass is 9.99. The minimum absolute atomic E-state index is 0.0253. The zero-order chi connectivity index (χ0) is 26.1. The first-order chi connectivity index (χ1) is 17.2. The molecule has 10 heteroatoms. The van der Waals surface area contributed by atoms with E-state index in [9.17, 15) is 22.4 Å². The summed E-state index contributed by atoms with van der Waals surface area (Å²) >= 11 is 0. The van der Waals surface area contributed by atoms with Gasteiger partial charge in [-0.1, -0.05) is 42.5 Å². The van der Waals surface area contributed by atoms with Gasteiger partial charge in [-0.15, -0.1) is 0 Å². The van der Waals surface area contributed by atoms with Crippen LogP contribution in [0.1, 0.15) is 30.5 Å². The Morgan fingerprint density at radius 1 is 1.06 bits per heavy atom. The van der Waals surface area contributed by atoms with Gasteiger partial charge in [0.05, 0.1) is 18.1 Å². The van der Waals surface area contributed by atoms with Crippen molar-refractivity contribution in [3.8, 4) is 0 Å². The van der Waals surface area contributed by atoms with E-state index >= 15 is 0 Å². The van der Waals surface area contributed by atoms with Crippen molar-refractivity contribution in [2.75, 3.05) is 13.1 Å². The number of rotatable bonds is 11. The number of benzene rings is 2. The van der Waals surface area contributed by atoms with E-state index in [0.717, 1.165) is 11.0 Å². The quantitative estimate of drug-likeness (QED) is 0.398. The van der Waals surface area contributed by atoms with Crippen LogP contribution in [-0.2, 0) is 32.6 Å². The number of carbonyl (C=O) groups excluding carboxylic acids is 2. The Morgan fingerprint density at radius 3 is 2.36 bits per heavy atom. The van der Waals surface area contributed by atoms with Crippen LogP contribution in [0.15, 0.2) is 72.4 Å². The van der Waals surface area contributed by atoms with Crippen LogP contribution in [0, 0.1) is 11.7 Å². The number of amides is 2. The lowest BCUT2D eigenvalue weighted by Crippen LogP contribution is -2.45. The zero-order valence-corrected chi connectivity index (χ0v) is 21.0. The molecule has 0 aliphatic heterocycles. The molecule has 1 heterocycles. The van der Waals surface area contributed by atoms with Crippen LogP contribution in [0.25, 0.3) is 6.08 Å². The normalized spacial score (nSPS) is 12.4. The molecular weight excluding hydrogens is 483 g/mol. The van der Waals surface area contributed by atoms with E-state index in [0.29, 0.717) is 30.8 Å². The van der Waals surface area contributed by atoms with Gasteiger partial charge in [-0.25, -0.2) is 17.5 Å². The fraction of sp³-hybridized carbons (Fsp3) is 0.269. The SMILES string of the molecule is CCN(CC)C(=O)C(Cc1cnn(Cc2ccc(F)cc2)c1)C(=O)NS(=O)(=O)/C=C/c1ccccc1. The number of hydrogen-bond donors (Lipinski definition) is 1. The third kappa shape index (κ3) is 7.61. The fourth-order valence-electron chi connectivity index (χ4n) is 3.64. The summed E-state index contributed by atoms with van der Waals surface area (Å²) in [7, 11) is -4.13. The summed E-state index contributed by atoms with van der Waals surface area (Å²) in [4.78, 5) is 27.7. The Balaban J connectivity index is 1.77. The molecule has 0 bridgehead atoms. The molecule has 0 spiro atoms. The zero-order valence-electron chi connectivity index (χ0n) is 20.2. The van der Waals surface area contributed by atoms with Gasteiger partial charge in [0.2, 0.25) is 11.8 Å². The summed E-state index contributed by atoms with van der Waals surface area (Å²) in [6.45, 7) is 4.71. The molecule has 1 unspecified atom stereocenters. The van der Waals surface area contributed by atoms with Crippen molar-refractivity contribution in [3.05, 3.63) is 94.9 Å². The Kier molecular flexibility index (Phi) is 9.13. The van der Waals surface area contributed by atoms with Gasteiger partial charge in [0.1, 0.15) is 11.7 Å². The average molecular weight is 513 g/mol. The molecule has 36 heavy (non-hydrogen) atoms. The van der Waals surface area contributed by atoms with Gasteiger partial charge >= 0.3 is 0 Å². The molecule has 1 atom stereocenters. The fourth-order valence-corrected chi connectivity index (χ4v) is 4.46. The Hall–Kier alpha value is -3.79. The number of nitrogens with zero attached hydrogens (tertiary/aromatic N) is 3. The van der Waals surface area contributed by atoms with E-state index < -0.39 is 27.8 Å². The van der Waals surface area contributed by atoms with Crippen molar-refractivity contribution in [1.82, 2.24) is 19.4 Å². The summed E-state index contributed by atoms with van der Waals surface area (Å²) in [6, 6.07) is 14.8. The second-order valence-electron chi connectivity index (χ2n) is 8.16. The second kappa shape index (κ2) is 12.3. The van der Waals surface area contributed by atoms with Gasteiger partial charge in [-0.2, -0.15) is 5.10 Å². The average Bonchev–Trinajstić information content (AvgIpc) is 3.30. The van der Waals surface area contributed by atoms with Crippen molar-refractivity contribution in [2.24, 2.45) is 5.92 Å². The largest absolute Gasteiger partial charge is 0.343 e. The predicted octanol–water partition coefficient (Wildman–Crippen LogP) is 3.21. The van der Waals surface area contributed by atoms with Gasteiger partial charge in [-0.3, -0.25) is 14.3 Å². The van der Waals surface area contributed by atoms with Crippen LogP contribution in [0.5, 0.6) is 0 Å². The number of nitrogens with one attached hydrogen (secondary N) is 1. The lowest BCUT2D eigenvalue weighted by molar-refractivity contribution is -0.141. The summed E-state index contributed by atoms with van der Waals surface area (Å²) < 4.78 is 41.9. The van der Waals surface area contributed by atoms with Gasteiger partial charge in [-0.05, 0) is 55.2 Å². The van der Waals surface area contributed by atoms with E-state index in [1.54, 1.807) is 67.2 Å². The Morgan fingerprint density at radius 2 is 1.72 bits per heavy atom. The van der Waals surface area contributed by atoms with Crippen molar-refractivity contribution >= 4 is 27.9 Å². The molecule has 3 rings (SSSR count). The van der Waals surface area contributed by atoms with Gasteiger partial charge in [0, 0.05) is 19.3 Å². The van der Waals surface area contributed by atoms with E-state index in [1.165, 1.54) is 29.3 Å². The molecule has 1 N–H and O–H groups in total. The highest BCUT2D eigenvalue weighted by molar-refractivity contribution is 7.93. The standard InChI is InChI=1S/C26H29FN4O4S/c1-3-30(4-2)26(33)24(25(32)29-36(34,35)15-14-20-8-6-5-7-9-20)16-22-17-28-31(19-22)18-21-10-12-23(27)13-11-21/h5-15,17,19,24H,3-4,16,18H2,1-2H3,(H,29,32)/b15-14+. The van der Waals surface area contributed by atoms with Crippen LogP contribution in [0.4, 0.5) is 4.39 Å². The van der Waals surface area contributed by atoms with Crippen molar-refractivity contribution in [3.63, 3.8) is 0 Å². The summed E-state index contributed by atoms with van der Waals surface area (Å²) in [5.41, 5.74) is 2.07. The maximum Gasteiger partial charge on any atom is 0.257 e.